The summed E-state index contributed by atoms with van der Waals surface area (Å²) in [6.45, 7) is 7.00. The van der Waals surface area contributed by atoms with Gasteiger partial charge in [0.1, 0.15) is 5.69 Å². The summed E-state index contributed by atoms with van der Waals surface area (Å²) in [5.74, 6) is 0.234. The zero-order valence-electron chi connectivity index (χ0n) is 11.1. The number of nitrogens with one attached hydrogen (secondary N) is 1. The lowest BCUT2D eigenvalue weighted by molar-refractivity contribution is -0.384. The highest BCUT2D eigenvalue weighted by atomic mass is 16.6. The Labute approximate surface area is 112 Å². The molecule has 1 aromatic carbocycles. The van der Waals surface area contributed by atoms with Gasteiger partial charge in [0.05, 0.1) is 25.2 Å². The first-order valence-electron chi connectivity index (χ1n) is 5.83. The van der Waals surface area contributed by atoms with Crippen molar-refractivity contribution in [3.63, 3.8) is 0 Å². The molecule has 0 radical (unpaired) electrons. The minimum Gasteiger partial charge on any atom is -0.490 e. The van der Waals surface area contributed by atoms with Crippen LogP contribution in [-0.2, 0) is 4.74 Å². The largest absolute Gasteiger partial charge is 0.490 e. The number of benzene rings is 1. The van der Waals surface area contributed by atoms with E-state index in [0.29, 0.717) is 25.4 Å². The lowest BCUT2D eigenvalue weighted by atomic mass is 10.2. The number of hydrogen-bond acceptors (Lipinski definition) is 5. The Balaban J connectivity index is 2.62. The molecule has 0 fully saturated rings. The van der Waals surface area contributed by atoms with E-state index in [2.05, 4.69) is 11.9 Å². The van der Waals surface area contributed by atoms with Crippen molar-refractivity contribution in [3.8, 4) is 5.75 Å². The van der Waals surface area contributed by atoms with Crippen molar-refractivity contribution < 1.29 is 14.4 Å². The van der Waals surface area contributed by atoms with Crippen molar-refractivity contribution in [2.24, 2.45) is 0 Å². The standard InChI is InChI=1S/C13H18N2O4/c1-10(2)9-19-8-7-14-11-5-4-6-12(18-3)13(11)15(16)17/h4-6,14H,1,7-9H2,2-3H3. The summed E-state index contributed by atoms with van der Waals surface area (Å²) in [5.41, 5.74) is 1.29. The highest BCUT2D eigenvalue weighted by Crippen LogP contribution is 2.34. The van der Waals surface area contributed by atoms with E-state index < -0.39 is 4.92 Å². The second kappa shape index (κ2) is 7.38. The molecule has 6 nitrogen and oxygen atoms in total. The lowest BCUT2D eigenvalue weighted by Crippen LogP contribution is -2.11. The van der Waals surface area contributed by atoms with Crippen LogP contribution in [0.5, 0.6) is 5.75 Å². The van der Waals surface area contributed by atoms with Gasteiger partial charge < -0.3 is 14.8 Å². The van der Waals surface area contributed by atoms with E-state index in [1.807, 2.05) is 6.92 Å². The number of methoxy groups -OCH3 is 1. The Morgan fingerprint density at radius 2 is 2.26 bits per heavy atom. The van der Waals surface area contributed by atoms with Crippen LogP contribution in [0.4, 0.5) is 11.4 Å². The second-order valence-corrected chi connectivity index (χ2v) is 4.05. The van der Waals surface area contributed by atoms with Gasteiger partial charge in [-0.2, -0.15) is 0 Å². The van der Waals surface area contributed by atoms with Crippen LogP contribution < -0.4 is 10.1 Å². The molecular formula is C13H18N2O4. The van der Waals surface area contributed by atoms with Crippen LogP contribution in [-0.4, -0.2) is 31.8 Å². The first-order valence-corrected chi connectivity index (χ1v) is 5.83. The molecule has 19 heavy (non-hydrogen) atoms. The number of anilines is 1. The van der Waals surface area contributed by atoms with Gasteiger partial charge >= 0.3 is 5.69 Å². The van der Waals surface area contributed by atoms with Crippen LogP contribution in [0.3, 0.4) is 0 Å². The number of hydrogen-bond donors (Lipinski definition) is 1. The zero-order valence-corrected chi connectivity index (χ0v) is 11.1. The summed E-state index contributed by atoms with van der Waals surface area (Å²) < 4.78 is 10.3. The van der Waals surface area contributed by atoms with Crippen molar-refractivity contribution in [1.82, 2.24) is 0 Å². The van der Waals surface area contributed by atoms with Crippen molar-refractivity contribution in [2.45, 2.75) is 6.92 Å². The van der Waals surface area contributed by atoms with Crippen LogP contribution in [0.1, 0.15) is 6.92 Å². The molecule has 0 atom stereocenters. The summed E-state index contributed by atoms with van der Waals surface area (Å²) in [5, 5.41) is 14.0. The number of para-hydroxylation sites is 1. The lowest BCUT2D eigenvalue weighted by Gasteiger charge is -2.09. The van der Waals surface area contributed by atoms with Gasteiger partial charge in [0.15, 0.2) is 5.75 Å². The van der Waals surface area contributed by atoms with Crippen LogP contribution >= 0.6 is 0 Å². The molecule has 6 heteroatoms. The Morgan fingerprint density at radius 1 is 1.53 bits per heavy atom. The van der Waals surface area contributed by atoms with Gasteiger partial charge in [-0.1, -0.05) is 18.2 Å². The fourth-order valence-corrected chi connectivity index (χ4v) is 1.52. The fraction of sp³-hybridized carbons (Fsp3) is 0.385. The fourth-order valence-electron chi connectivity index (χ4n) is 1.52. The molecule has 0 amide bonds. The highest BCUT2D eigenvalue weighted by Gasteiger charge is 2.19. The average Bonchev–Trinajstić information content (AvgIpc) is 2.37. The van der Waals surface area contributed by atoms with Crippen molar-refractivity contribution in [3.05, 3.63) is 40.5 Å². The number of ether oxygens (including phenoxy) is 2. The van der Waals surface area contributed by atoms with Crippen LogP contribution in [0.25, 0.3) is 0 Å². The summed E-state index contributed by atoms with van der Waals surface area (Å²) in [6.07, 6.45) is 0. The van der Waals surface area contributed by atoms with Gasteiger partial charge in [0, 0.05) is 6.54 Å². The maximum atomic E-state index is 11.0. The molecule has 0 saturated carbocycles. The Bertz CT molecular complexity index is 460. The molecule has 1 N–H and O–H groups in total. The van der Waals surface area contributed by atoms with Crippen LogP contribution in [0, 0.1) is 10.1 Å². The molecule has 1 rings (SSSR count). The van der Waals surface area contributed by atoms with Crippen molar-refractivity contribution in [2.75, 3.05) is 32.2 Å². The topological polar surface area (TPSA) is 73.6 Å². The smallest absolute Gasteiger partial charge is 0.333 e. The van der Waals surface area contributed by atoms with E-state index in [4.69, 9.17) is 9.47 Å². The minimum atomic E-state index is -0.462. The third-order valence-electron chi connectivity index (χ3n) is 2.31. The van der Waals surface area contributed by atoms with Crippen molar-refractivity contribution in [1.29, 1.82) is 0 Å². The number of nitrogens with zero attached hydrogens (tertiary/aromatic N) is 1. The number of nitro benzene ring substituents is 1. The van der Waals surface area contributed by atoms with Gasteiger partial charge in [-0.15, -0.1) is 0 Å². The van der Waals surface area contributed by atoms with Gasteiger partial charge in [-0.05, 0) is 19.1 Å². The quantitative estimate of drug-likeness (QED) is 0.339. The number of nitro groups is 1. The predicted octanol–water partition coefficient (Wildman–Crippen LogP) is 2.61. The van der Waals surface area contributed by atoms with Crippen LogP contribution in [0.15, 0.2) is 30.4 Å². The van der Waals surface area contributed by atoms with E-state index in [1.54, 1.807) is 18.2 Å². The Hall–Kier alpha value is -2.08. The van der Waals surface area contributed by atoms with Gasteiger partial charge in [-0.25, -0.2) is 0 Å². The maximum Gasteiger partial charge on any atom is 0.333 e. The maximum absolute atomic E-state index is 11.0. The molecule has 0 aliphatic rings. The van der Waals surface area contributed by atoms with E-state index in [0.717, 1.165) is 5.57 Å². The van der Waals surface area contributed by atoms with Gasteiger partial charge in [-0.3, -0.25) is 10.1 Å². The number of rotatable bonds is 8. The highest BCUT2D eigenvalue weighted by molar-refractivity contribution is 5.68. The normalized spacial score (nSPS) is 10.0. The second-order valence-electron chi connectivity index (χ2n) is 4.05. The first kappa shape index (κ1) is 15.0. The summed E-state index contributed by atoms with van der Waals surface area (Å²) >= 11 is 0. The average molecular weight is 266 g/mol. The minimum absolute atomic E-state index is 0.0649. The Morgan fingerprint density at radius 3 is 2.84 bits per heavy atom. The van der Waals surface area contributed by atoms with E-state index in [9.17, 15) is 10.1 Å². The van der Waals surface area contributed by atoms with Crippen LogP contribution in [0.2, 0.25) is 0 Å². The molecular weight excluding hydrogens is 248 g/mol. The summed E-state index contributed by atoms with van der Waals surface area (Å²) in [7, 11) is 1.40. The summed E-state index contributed by atoms with van der Waals surface area (Å²) in [4.78, 5) is 10.6. The first-order chi connectivity index (χ1) is 9.06. The third kappa shape index (κ3) is 4.59. The van der Waals surface area contributed by atoms with E-state index >= 15 is 0 Å². The predicted molar refractivity (Wildman–Crippen MR) is 73.8 cm³/mol. The SMILES string of the molecule is C=C(C)COCCNc1cccc(OC)c1[N+](=O)[O-]. The molecule has 0 bridgehead atoms. The van der Waals surface area contributed by atoms with E-state index in [-0.39, 0.29) is 11.4 Å². The molecule has 0 aliphatic carbocycles. The monoisotopic (exact) mass is 266 g/mol. The molecule has 0 saturated heterocycles. The zero-order chi connectivity index (χ0) is 14.3. The molecule has 0 unspecified atom stereocenters. The Kier molecular flexibility index (Phi) is 5.81. The molecule has 0 aliphatic heterocycles. The molecule has 104 valence electrons. The molecule has 0 aromatic heterocycles. The molecule has 1 aromatic rings. The third-order valence-corrected chi connectivity index (χ3v) is 2.31. The van der Waals surface area contributed by atoms with Gasteiger partial charge in [0.2, 0.25) is 0 Å². The van der Waals surface area contributed by atoms with Gasteiger partial charge in [0.25, 0.3) is 0 Å². The van der Waals surface area contributed by atoms with E-state index in [1.165, 1.54) is 7.11 Å². The molecule has 0 spiro atoms. The van der Waals surface area contributed by atoms with Crippen molar-refractivity contribution >= 4 is 11.4 Å². The summed E-state index contributed by atoms with van der Waals surface area (Å²) in [6, 6.07) is 4.89. The molecule has 0 heterocycles.